The van der Waals surface area contributed by atoms with Gasteiger partial charge in [0.15, 0.2) is 0 Å². The Morgan fingerprint density at radius 2 is 2.05 bits per heavy atom. The van der Waals surface area contributed by atoms with Crippen molar-refractivity contribution in [2.24, 2.45) is 0 Å². The number of rotatable bonds is 5. The van der Waals surface area contributed by atoms with Crippen LogP contribution in [0.3, 0.4) is 0 Å². The van der Waals surface area contributed by atoms with Crippen LogP contribution >= 0.6 is 11.6 Å². The zero-order chi connectivity index (χ0) is 15.1. The molecule has 108 valence electrons. The van der Waals surface area contributed by atoms with Crippen LogP contribution in [0.5, 0.6) is 0 Å². The number of carbonyl (C=O) groups excluding carboxylic acids is 2. The van der Waals surface area contributed by atoms with Gasteiger partial charge in [-0.1, -0.05) is 11.6 Å². The molecule has 0 radical (unpaired) electrons. The van der Waals surface area contributed by atoms with E-state index in [4.69, 9.17) is 16.7 Å². The summed E-state index contributed by atoms with van der Waals surface area (Å²) in [5, 5.41) is 13.9. The Labute approximate surface area is 119 Å². The molecule has 0 aliphatic carbocycles. The number of esters is 1. The minimum atomic E-state index is -1.13. The lowest BCUT2D eigenvalue weighted by atomic mass is 10.2. The number of carbonyl (C=O) groups is 3. The molecule has 0 saturated carbocycles. The number of ether oxygens (including phenoxy) is 1. The lowest BCUT2D eigenvalue weighted by Crippen LogP contribution is -2.30. The van der Waals surface area contributed by atoms with Crippen LogP contribution in [0.25, 0.3) is 0 Å². The van der Waals surface area contributed by atoms with Gasteiger partial charge in [-0.05, 0) is 18.2 Å². The maximum atomic E-state index is 11.5. The van der Waals surface area contributed by atoms with Gasteiger partial charge in [-0.25, -0.2) is 9.59 Å². The van der Waals surface area contributed by atoms with Crippen molar-refractivity contribution >= 4 is 35.3 Å². The normalized spacial score (nSPS) is 9.70. The zero-order valence-corrected chi connectivity index (χ0v) is 11.4. The van der Waals surface area contributed by atoms with E-state index in [9.17, 15) is 14.4 Å². The number of carboxylic acids is 1. The second kappa shape index (κ2) is 7.34. The van der Waals surface area contributed by atoms with E-state index in [1.165, 1.54) is 25.3 Å². The van der Waals surface area contributed by atoms with Crippen LogP contribution in [0.4, 0.5) is 10.5 Å². The second-order valence-electron chi connectivity index (χ2n) is 3.71. The van der Waals surface area contributed by atoms with E-state index in [2.05, 4.69) is 15.4 Å². The van der Waals surface area contributed by atoms with Gasteiger partial charge in [0.1, 0.15) is 0 Å². The standard InChI is InChI=1S/C12H13ClN2O5/c1-20-10(16)4-5-14-12(19)15-9-6-7(11(17)18)2-3-8(9)13/h2-3,6H,4-5H2,1H3,(H,17,18)(H2,14,15,19). The highest BCUT2D eigenvalue weighted by molar-refractivity contribution is 6.33. The first kappa shape index (κ1) is 15.8. The van der Waals surface area contributed by atoms with Crippen molar-refractivity contribution in [1.29, 1.82) is 0 Å². The Morgan fingerprint density at radius 1 is 1.35 bits per heavy atom. The van der Waals surface area contributed by atoms with Crippen LogP contribution in [0.15, 0.2) is 18.2 Å². The number of benzene rings is 1. The van der Waals surface area contributed by atoms with Gasteiger partial charge < -0.3 is 20.5 Å². The Morgan fingerprint density at radius 3 is 2.65 bits per heavy atom. The van der Waals surface area contributed by atoms with Crippen LogP contribution in [0.1, 0.15) is 16.8 Å². The van der Waals surface area contributed by atoms with Crippen molar-refractivity contribution in [3.05, 3.63) is 28.8 Å². The van der Waals surface area contributed by atoms with Crippen LogP contribution in [-0.4, -0.2) is 36.7 Å². The summed E-state index contributed by atoms with van der Waals surface area (Å²) < 4.78 is 4.41. The number of hydrogen-bond donors (Lipinski definition) is 3. The largest absolute Gasteiger partial charge is 0.478 e. The van der Waals surface area contributed by atoms with Crippen LogP contribution in [0.2, 0.25) is 5.02 Å². The van der Waals surface area contributed by atoms with Gasteiger partial charge >= 0.3 is 18.0 Å². The molecular formula is C12H13ClN2O5. The third-order valence-electron chi connectivity index (χ3n) is 2.30. The fraction of sp³-hybridized carbons (Fsp3) is 0.250. The summed E-state index contributed by atoms with van der Waals surface area (Å²) in [6.45, 7) is 0.0920. The minimum Gasteiger partial charge on any atom is -0.478 e. The molecule has 20 heavy (non-hydrogen) atoms. The molecule has 2 amide bonds. The highest BCUT2D eigenvalue weighted by atomic mass is 35.5. The van der Waals surface area contributed by atoms with Crippen molar-refractivity contribution in [1.82, 2.24) is 5.32 Å². The quantitative estimate of drug-likeness (QED) is 0.718. The highest BCUT2D eigenvalue weighted by Gasteiger charge is 2.10. The van der Waals surface area contributed by atoms with E-state index in [0.717, 1.165) is 0 Å². The smallest absolute Gasteiger partial charge is 0.335 e. The third kappa shape index (κ3) is 4.77. The number of amides is 2. The maximum absolute atomic E-state index is 11.5. The fourth-order valence-electron chi connectivity index (χ4n) is 1.30. The summed E-state index contributed by atoms with van der Waals surface area (Å²) in [4.78, 5) is 33.2. The van der Waals surface area contributed by atoms with E-state index in [1.807, 2.05) is 0 Å². The lowest BCUT2D eigenvalue weighted by Gasteiger charge is -2.09. The van der Waals surface area contributed by atoms with Crippen molar-refractivity contribution in [2.75, 3.05) is 19.0 Å². The summed E-state index contributed by atoms with van der Waals surface area (Å²) >= 11 is 5.84. The molecule has 0 atom stereocenters. The molecule has 0 spiro atoms. The molecule has 0 aliphatic rings. The van der Waals surface area contributed by atoms with E-state index in [1.54, 1.807) is 0 Å². The molecule has 0 aliphatic heterocycles. The van der Waals surface area contributed by atoms with Crippen LogP contribution < -0.4 is 10.6 Å². The number of halogens is 1. The number of nitrogens with one attached hydrogen (secondary N) is 2. The molecule has 3 N–H and O–H groups in total. The lowest BCUT2D eigenvalue weighted by molar-refractivity contribution is -0.140. The number of hydrogen-bond acceptors (Lipinski definition) is 4. The molecule has 1 aromatic rings. The van der Waals surface area contributed by atoms with Gasteiger partial charge in [0.2, 0.25) is 0 Å². The fourth-order valence-corrected chi connectivity index (χ4v) is 1.47. The molecule has 0 aromatic heterocycles. The highest BCUT2D eigenvalue weighted by Crippen LogP contribution is 2.22. The number of anilines is 1. The van der Waals surface area contributed by atoms with Crippen molar-refractivity contribution in [3.63, 3.8) is 0 Å². The Balaban J connectivity index is 2.59. The summed E-state index contributed by atoms with van der Waals surface area (Å²) in [6, 6.07) is 3.34. The second-order valence-corrected chi connectivity index (χ2v) is 4.11. The van der Waals surface area contributed by atoms with Crippen molar-refractivity contribution in [3.8, 4) is 0 Å². The van der Waals surface area contributed by atoms with E-state index < -0.39 is 18.0 Å². The molecule has 0 fully saturated rings. The van der Waals surface area contributed by atoms with Gasteiger partial charge in [-0.15, -0.1) is 0 Å². The first-order valence-electron chi connectivity index (χ1n) is 5.58. The van der Waals surface area contributed by atoms with Gasteiger partial charge in [-0.2, -0.15) is 0 Å². The maximum Gasteiger partial charge on any atom is 0.335 e. The molecule has 1 rings (SSSR count). The SMILES string of the molecule is COC(=O)CCNC(=O)Nc1cc(C(=O)O)ccc1Cl. The molecule has 0 bridgehead atoms. The van der Waals surface area contributed by atoms with Gasteiger partial charge in [0.25, 0.3) is 0 Å². The van der Waals surface area contributed by atoms with E-state index >= 15 is 0 Å². The number of urea groups is 1. The number of carboxylic acid groups (broad SMARTS) is 1. The van der Waals surface area contributed by atoms with Gasteiger partial charge in [0.05, 0.1) is 29.8 Å². The summed E-state index contributed by atoms with van der Waals surface area (Å²) in [5.74, 6) is -1.58. The van der Waals surface area contributed by atoms with Crippen LogP contribution in [-0.2, 0) is 9.53 Å². The summed E-state index contributed by atoms with van der Waals surface area (Å²) in [6.07, 6.45) is 0.0345. The first-order chi connectivity index (χ1) is 9.43. The molecule has 8 heteroatoms. The number of aromatic carboxylic acids is 1. The van der Waals surface area contributed by atoms with Crippen molar-refractivity contribution < 1.29 is 24.2 Å². The predicted molar refractivity (Wildman–Crippen MR) is 72.1 cm³/mol. The van der Waals surface area contributed by atoms with Crippen LogP contribution in [0, 0.1) is 0 Å². The molecule has 7 nitrogen and oxygen atoms in total. The Kier molecular flexibility index (Phi) is 5.79. The summed E-state index contributed by atoms with van der Waals surface area (Å²) in [5.41, 5.74) is 0.168. The molecule has 0 saturated heterocycles. The Hall–Kier alpha value is -2.28. The van der Waals surface area contributed by atoms with Gasteiger partial charge in [0, 0.05) is 6.54 Å². The minimum absolute atomic E-state index is 0.000684. The Bertz CT molecular complexity index is 533. The topological polar surface area (TPSA) is 105 Å². The zero-order valence-electron chi connectivity index (χ0n) is 10.6. The molecule has 0 heterocycles. The molecule has 1 aromatic carbocycles. The first-order valence-corrected chi connectivity index (χ1v) is 5.96. The van der Waals surface area contributed by atoms with Gasteiger partial charge in [-0.3, -0.25) is 4.79 Å². The monoisotopic (exact) mass is 300 g/mol. The van der Waals surface area contributed by atoms with Crippen molar-refractivity contribution in [2.45, 2.75) is 6.42 Å². The van der Waals surface area contributed by atoms with E-state index in [0.29, 0.717) is 0 Å². The predicted octanol–water partition coefficient (Wildman–Crippen LogP) is 1.72. The number of methoxy groups -OCH3 is 1. The summed E-state index contributed by atoms with van der Waals surface area (Å²) in [7, 11) is 1.25. The van der Waals surface area contributed by atoms with E-state index in [-0.39, 0.29) is 29.2 Å². The third-order valence-corrected chi connectivity index (χ3v) is 2.63. The molecule has 0 unspecified atom stereocenters. The average molecular weight is 301 g/mol. The molecular weight excluding hydrogens is 288 g/mol. The average Bonchev–Trinajstić information content (AvgIpc) is 2.40.